The maximum atomic E-state index is 12.1. The minimum absolute atomic E-state index is 0.298. The summed E-state index contributed by atoms with van der Waals surface area (Å²) in [6.45, 7) is 4.13. The van der Waals surface area contributed by atoms with E-state index in [0.29, 0.717) is 6.54 Å². The third-order valence-electron chi connectivity index (χ3n) is 3.44. The molecule has 1 amide bonds. The van der Waals surface area contributed by atoms with Crippen LogP contribution >= 0.6 is 34.8 Å². The zero-order valence-electron chi connectivity index (χ0n) is 12.6. The first-order valence-corrected chi connectivity index (χ1v) is 7.98. The number of carbonyl (C=O) groups excluding carboxylic acids is 1. The summed E-state index contributed by atoms with van der Waals surface area (Å²) >= 11 is 18.4. The van der Waals surface area contributed by atoms with Gasteiger partial charge in [0.05, 0.1) is 18.0 Å². The zero-order valence-corrected chi connectivity index (χ0v) is 14.9. The highest BCUT2D eigenvalue weighted by molar-refractivity contribution is 6.60. The van der Waals surface area contributed by atoms with Gasteiger partial charge in [0.1, 0.15) is 5.75 Å². The average molecular weight is 363 g/mol. The topological polar surface area (TPSA) is 29.5 Å². The number of allylic oxidation sites excluding steroid dienone is 1. The zero-order chi connectivity index (χ0) is 16.5. The maximum absolute atomic E-state index is 12.1. The molecule has 2 rings (SSSR count). The van der Waals surface area contributed by atoms with E-state index in [-0.39, 0.29) is 5.91 Å². The Hall–Kier alpha value is -0.900. The van der Waals surface area contributed by atoms with Crippen LogP contribution in [-0.2, 0) is 11.3 Å². The van der Waals surface area contributed by atoms with Crippen LogP contribution < -0.4 is 4.74 Å². The van der Waals surface area contributed by atoms with Gasteiger partial charge in [-0.2, -0.15) is 0 Å². The van der Waals surface area contributed by atoms with Gasteiger partial charge < -0.3 is 9.64 Å². The van der Waals surface area contributed by atoms with E-state index in [1.807, 2.05) is 38.1 Å². The van der Waals surface area contributed by atoms with Gasteiger partial charge in [-0.25, -0.2) is 0 Å². The number of β-lactam (4-membered cyclic amide) rings is 1. The molecule has 0 N–H and O–H groups in total. The van der Waals surface area contributed by atoms with E-state index in [0.717, 1.165) is 11.3 Å². The Morgan fingerprint density at radius 1 is 1.32 bits per heavy atom. The van der Waals surface area contributed by atoms with Crippen molar-refractivity contribution in [2.75, 3.05) is 7.11 Å². The van der Waals surface area contributed by atoms with Crippen molar-refractivity contribution in [3.05, 3.63) is 42.0 Å². The SMILES string of the molecule is COc1ccc(CN2C(=O)C(Cl)(Cl)C2/C=C/C(C)(C)Cl)cc1. The molecule has 0 spiro atoms. The van der Waals surface area contributed by atoms with Gasteiger partial charge in [-0.1, -0.05) is 47.5 Å². The lowest BCUT2D eigenvalue weighted by Crippen LogP contribution is -2.67. The van der Waals surface area contributed by atoms with Crippen LogP contribution in [0.3, 0.4) is 0 Å². The van der Waals surface area contributed by atoms with Gasteiger partial charge in [-0.05, 0) is 31.5 Å². The lowest BCUT2D eigenvalue weighted by atomic mass is 9.97. The molecule has 1 aromatic carbocycles. The summed E-state index contributed by atoms with van der Waals surface area (Å²) in [4.78, 5) is 13.2. The van der Waals surface area contributed by atoms with E-state index in [4.69, 9.17) is 39.5 Å². The summed E-state index contributed by atoms with van der Waals surface area (Å²) in [6.07, 6.45) is 3.59. The quantitative estimate of drug-likeness (QED) is 0.447. The predicted molar refractivity (Wildman–Crippen MR) is 90.8 cm³/mol. The Balaban J connectivity index is 2.14. The van der Waals surface area contributed by atoms with Gasteiger partial charge in [0.25, 0.3) is 5.91 Å². The molecule has 3 nitrogen and oxygen atoms in total. The maximum Gasteiger partial charge on any atom is 0.262 e. The van der Waals surface area contributed by atoms with Crippen molar-refractivity contribution < 1.29 is 9.53 Å². The third kappa shape index (κ3) is 3.70. The molecule has 0 saturated carbocycles. The van der Waals surface area contributed by atoms with Gasteiger partial charge in [-0.3, -0.25) is 4.79 Å². The Labute approximate surface area is 145 Å². The molecule has 1 fully saturated rings. The Morgan fingerprint density at radius 2 is 1.91 bits per heavy atom. The average Bonchev–Trinajstić information content (AvgIpc) is 2.45. The monoisotopic (exact) mass is 361 g/mol. The molecule has 0 radical (unpaired) electrons. The lowest BCUT2D eigenvalue weighted by Gasteiger charge is -2.48. The van der Waals surface area contributed by atoms with E-state index in [1.165, 1.54) is 0 Å². The second-order valence-corrected chi connectivity index (χ2v) is 8.13. The van der Waals surface area contributed by atoms with Gasteiger partial charge in [0.15, 0.2) is 0 Å². The number of nitrogens with zero attached hydrogens (tertiary/aromatic N) is 1. The van der Waals surface area contributed by atoms with Crippen LogP contribution in [0.4, 0.5) is 0 Å². The van der Waals surface area contributed by atoms with Crippen molar-refractivity contribution in [2.24, 2.45) is 0 Å². The van der Waals surface area contributed by atoms with Gasteiger partial charge in [0, 0.05) is 6.54 Å². The first kappa shape index (κ1) is 17.5. The number of hydrogen-bond donors (Lipinski definition) is 0. The summed E-state index contributed by atoms with van der Waals surface area (Å²) in [5.41, 5.74) is 0.974. The number of halogens is 3. The highest BCUT2D eigenvalue weighted by Crippen LogP contribution is 2.43. The lowest BCUT2D eigenvalue weighted by molar-refractivity contribution is -0.146. The molecule has 22 heavy (non-hydrogen) atoms. The number of benzene rings is 1. The highest BCUT2D eigenvalue weighted by atomic mass is 35.5. The number of alkyl halides is 3. The van der Waals surface area contributed by atoms with E-state index < -0.39 is 15.2 Å². The summed E-state index contributed by atoms with van der Waals surface area (Å²) in [5, 5.41) is 0. The molecule has 1 aliphatic rings. The van der Waals surface area contributed by atoms with E-state index in [9.17, 15) is 4.79 Å². The number of rotatable bonds is 5. The van der Waals surface area contributed by atoms with Crippen molar-refractivity contribution in [3.8, 4) is 5.75 Å². The van der Waals surface area contributed by atoms with Crippen LogP contribution in [0.1, 0.15) is 19.4 Å². The van der Waals surface area contributed by atoms with Crippen molar-refractivity contribution >= 4 is 40.7 Å². The Morgan fingerprint density at radius 3 is 2.41 bits per heavy atom. The molecular weight excluding hydrogens is 345 g/mol. The van der Waals surface area contributed by atoms with Crippen molar-refractivity contribution in [2.45, 2.75) is 35.6 Å². The fourth-order valence-electron chi connectivity index (χ4n) is 2.22. The number of methoxy groups -OCH3 is 1. The molecule has 1 unspecified atom stereocenters. The molecule has 1 aliphatic heterocycles. The summed E-state index contributed by atoms with van der Waals surface area (Å²) in [7, 11) is 1.61. The van der Waals surface area contributed by atoms with Crippen LogP contribution in [0.25, 0.3) is 0 Å². The molecular formula is C16H18Cl3NO2. The first-order valence-electron chi connectivity index (χ1n) is 6.85. The van der Waals surface area contributed by atoms with Crippen LogP contribution in [-0.4, -0.2) is 33.2 Å². The summed E-state index contributed by atoms with van der Waals surface area (Å²) in [5.74, 6) is 0.469. The molecule has 1 heterocycles. The molecule has 1 saturated heterocycles. The van der Waals surface area contributed by atoms with Crippen LogP contribution in [0.2, 0.25) is 0 Å². The number of amides is 1. The molecule has 120 valence electrons. The number of carbonyl (C=O) groups is 1. The molecule has 1 atom stereocenters. The summed E-state index contributed by atoms with van der Waals surface area (Å²) in [6, 6.07) is 7.10. The normalized spacial score (nSPS) is 21.1. The standard InChI is InChI=1S/C16H18Cl3NO2/c1-15(2,17)9-8-13-16(18,19)14(21)20(13)10-11-4-6-12(22-3)7-5-11/h4-9,13H,10H2,1-3H3/b9-8+. The minimum Gasteiger partial charge on any atom is -0.497 e. The fraction of sp³-hybridized carbons (Fsp3) is 0.438. The highest BCUT2D eigenvalue weighted by Gasteiger charge is 2.57. The van der Waals surface area contributed by atoms with Crippen molar-refractivity contribution in [1.82, 2.24) is 4.90 Å². The number of likely N-dealkylation sites (tertiary alicyclic amines) is 1. The molecule has 1 aromatic rings. The van der Waals surface area contributed by atoms with Gasteiger partial charge in [0.2, 0.25) is 4.33 Å². The molecule has 0 bridgehead atoms. The van der Waals surface area contributed by atoms with Crippen LogP contribution in [0.5, 0.6) is 5.75 Å². The van der Waals surface area contributed by atoms with Crippen LogP contribution in [0, 0.1) is 0 Å². The Kier molecular flexibility index (Phi) is 5.00. The predicted octanol–water partition coefficient (Wildman–Crippen LogP) is 4.15. The number of ether oxygens (including phenoxy) is 1. The molecule has 0 aliphatic carbocycles. The second-order valence-electron chi connectivity index (χ2n) is 5.77. The first-order chi connectivity index (χ1) is 10.1. The number of hydrogen-bond acceptors (Lipinski definition) is 2. The summed E-state index contributed by atoms with van der Waals surface area (Å²) < 4.78 is 3.69. The Bertz CT molecular complexity index is 576. The van der Waals surface area contributed by atoms with E-state index >= 15 is 0 Å². The van der Waals surface area contributed by atoms with Crippen molar-refractivity contribution in [3.63, 3.8) is 0 Å². The van der Waals surface area contributed by atoms with Crippen LogP contribution in [0.15, 0.2) is 36.4 Å². The molecule has 0 aromatic heterocycles. The second kappa shape index (κ2) is 6.31. The van der Waals surface area contributed by atoms with Gasteiger partial charge >= 0.3 is 0 Å². The van der Waals surface area contributed by atoms with E-state index in [1.54, 1.807) is 24.2 Å². The molecule has 6 heteroatoms. The smallest absolute Gasteiger partial charge is 0.262 e. The van der Waals surface area contributed by atoms with Gasteiger partial charge in [-0.15, -0.1) is 11.6 Å². The largest absolute Gasteiger partial charge is 0.497 e. The van der Waals surface area contributed by atoms with Crippen molar-refractivity contribution in [1.29, 1.82) is 0 Å². The fourth-order valence-corrected chi connectivity index (χ4v) is 2.89. The minimum atomic E-state index is -1.43. The van der Waals surface area contributed by atoms with E-state index in [2.05, 4.69) is 0 Å². The third-order valence-corrected chi connectivity index (χ3v) is 4.34.